The fourth-order valence-electron chi connectivity index (χ4n) is 4.13. The number of aromatic amines is 1. The van der Waals surface area contributed by atoms with Gasteiger partial charge >= 0.3 is 0 Å². The van der Waals surface area contributed by atoms with Crippen molar-refractivity contribution in [3.05, 3.63) is 81.9 Å². The molecule has 1 aromatic heterocycles. The van der Waals surface area contributed by atoms with E-state index in [0.29, 0.717) is 29.2 Å². The van der Waals surface area contributed by atoms with Crippen molar-refractivity contribution in [1.29, 1.82) is 0 Å². The van der Waals surface area contributed by atoms with E-state index in [2.05, 4.69) is 36.3 Å². The lowest BCUT2D eigenvalue weighted by molar-refractivity contribution is 0.0930. The average molecular weight is 506 g/mol. The van der Waals surface area contributed by atoms with Gasteiger partial charge in [0.05, 0.1) is 22.2 Å². The summed E-state index contributed by atoms with van der Waals surface area (Å²) in [6.45, 7) is 7.99. The van der Waals surface area contributed by atoms with E-state index in [1.807, 2.05) is 38.1 Å². The van der Waals surface area contributed by atoms with Gasteiger partial charge in [-0.25, -0.2) is 4.98 Å². The Bertz CT molecular complexity index is 1320. The number of rotatable bonds is 9. The molecule has 1 amide bonds. The molecule has 188 valence electrons. The Kier molecular flexibility index (Phi) is 7.97. The van der Waals surface area contributed by atoms with Crippen LogP contribution in [0.15, 0.2) is 54.6 Å². The first kappa shape index (κ1) is 25.7. The molecule has 0 saturated heterocycles. The van der Waals surface area contributed by atoms with Gasteiger partial charge in [0, 0.05) is 23.8 Å². The van der Waals surface area contributed by atoms with Crippen molar-refractivity contribution in [2.45, 2.75) is 52.7 Å². The van der Waals surface area contributed by atoms with Crippen molar-refractivity contribution < 1.29 is 14.6 Å². The van der Waals surface area contributed by atoms with Gasteiger partial charge in [0.25, 0.3) is 5.91 Å². The number of benzene rings is 3. The van der Waals surface area contributed by atoms with Crippen LogP contribution in [0.5, 0.6) is 5.75 Å². The molecule has 4 aromatic rings. The second-order valence-corrected chi connectivity index (χ2v) is 9.84. The fourth-order valence-corrected chi connectivity index (χ4v) is 4.36. The number of aromatic nitrogens is 2. The number of nitrogens with one attached hydrogen (secondary N) is 2. The molecule has 0 spiro atoms. The first-order chi connectivity index (χ1) is 17.2. The predicted molar refractivity (Wildman–Crippen MR) is 145 cm³/mol. The molecule has 36 heavy (non-hydrogen) atoms. The first-order valence-corrected chi connectivity index (χ1v) is 12.6. The van der Waals surface area contributed by atoms with Crippen LogP contribution in [-0.4, -0.2) is 39.7 Å². The highest BCUT2D eigenvalue weighted by atomic mass is 35.5. The average Bonchev–Trinajstić information content (AvgIpc) is 3.23. The molecule has 6 nitrogen and oxygen atoms in total. The van der Waals surface area contributed by atoms with Crippen LogP contribution >= 0.6 is 11.6 Å². The van der Waals surface area contributed by atoms with Crippen LogP contribution in [0, 0.1) is 13.8 Å². The summed E-state index contributed by atoms with van der Waals surface area (Å²) in [5.74, 6) is 1.13. The smallest absolute Gasteiger partial charge is 0.251 e. The SMILES string of the molecule is Cc1cc2nc(-c3ccc(C[C@@H](CCO)NC(=O)c4ccc(OC(C)C)c(Cl)c4)cc3)[nH]c2cc1C. The molecule has 0 fully saturated rings. The number of aryl methyl sites for hydroxylation is 2. The minimum Gasteiger partial charge on any atom is -0.489 e. The Balaban J connectivity index is 1.45. The summed E-state index contributed by atoms with van der Waals surface area (Å²) in [5, 5.41) is 13.0. The molecule has 1 atom stereocenters. The minimum absolute atomic E-state index is 0.0114. The van der Waals surface area contributed by atoms with Crippen molar-refractivity contribution in [2.24, 2.45) is 0 Å². The number of carbonyl (C=O) groups is 1. The van der Waals surface area contributed by atoms with E-state index >= 15 is 0 Å². The van der Waals surface area contributed by atoms with Crippen LogP contribution in [-0.2, 0) is 6.42 Å². The van der Waals surface area contributed by atoms with Gasteiger partial charge in [-0.05, 0) is 87.6 Å². The highest BCUT2D eigenvalue weighted by molar-refractivity contribution is 6.32. The number of nitrogens with zero attached hydrogens (tertiary/aromatic N) is 1. The number of H-pyrrole nitrogens is 1. The fraction of sp³-hybridized carbons (Fsp3) is 0.310. The maximum Gasteiger partial charge on any atom is 0.251 e. The van der Waals surface area contributed by atoms with E-state index in [1.54, 1.807) is 18.2 Å². The highest BCUT2D eigenvalue weighted by Crippen LogP contribution is 2.27. The number of hydrogen-bond donors (Lipinski definition) is 3. The molecule has 0 unspecified atom stereocenters. The van der Waals surface area contributed by atoms with Gasteiger partial charge in [0.15, 0.2) is 0 Å². The van der Waals surface area contributed by atoms with Gasteiger partial charge < -0.3 is 20.1 Å². The number of aliphatic hydroxyl groups excluding tert-OH is 1. The highest BCUT2D eigenvalue weighted by Gasteiger charge is 2.16. The van der Waals surface area contributed by atoms with Crippen LogP contribution < -0.4 is 10.1 Å². The van der Waals surface area contributed by atoms with Crippen molar-refractivity contribution in [1.82, 2.24) is 15.3 Å². The lowest BCUT2D eigenvalue weighted by Crippen LogP contribution is -2.37. The second kappa shape index (κ2) is 11.1. The summed E-state index contributed by atoms with van der Waals surface area (Å²) >= 11 is 6.30. The monoisotopic (exact) mass is 505 g/mol. The molecular formula is C29H32ClN3O3. The van der Waals surface area contributed by atoms with Crippen LogP contribution in [0.2, 0.25) is 5.02 Å². The van der Waals surface area contributed by atoms with E-state index in [-0.39, 0.29) is 24.7 Å². The number of carbonyl (C=O) groups excluding carboxylic acids is 1. The summed E-state index contributed by atoms with van der Waals surface area (Å²) in [6.07, 6.45) is 1.02. The normalized spacial score (nSPS) is 12.2. The molecule has 0 aliphatic carbocycles. The van der Waals surface area contributed by atoms with Gasteiger partial charge in [0.1, 0.15) is 11.6 Å². The molecule has 0 aliphatic heterocycles. The number of halogens is 1. The number of fused-ring (bicyclic) bond motifs is 1. The van der Waals surface area contributed by atoms with Crippen molar-refractivity contribution in [2.75, 3.05) is 6.61 Å². The van der Waals surface area contributed by atoms with Crippen LogP contribution in [0.4, 0.5) is 0 Å². The van der Waals surface area contributed by atoms with Crippen molar-refractivity contribution in [3.63, 3.8) is 0 Å². The molecule has 1 heterocycles. The standard InChI is InChI=1S/C29H32ClN3O3/c1-17(2)36-27-10-9-22(16-24(27)30)29(35)31-23(11-12-34)15-20-5-7-21(8-6-20)28-32-25-13-18(3)19(4)14-26(25)33-28/h5-10,13-14,16-17,23,34H,11-12,15H2,1-4H3,(H,31,35)(H,32,33)/t23-/m1/s1. The number of ether oxygens (including phenoxy) is 1. The van der Waals surface area contributed by atoms with E-state index in [1.165, 1.54) is 11.1 Å². The van der Waals surface area contributed by atoms with Gasteiger partial charge in [-0.15, -0.1) is 0 Å². The third-order valence-corrected chi connectivity index (χ3v) is 6.47. The Morgan fingerprint density at radius 2 is 1.81 bits per heavy atom. The van der Waals surface area contributed by atoms with Crippen molar-refractivity contribution >= 4 is 28.5 Å². The largest absolute Gasteiger partial charge is 0.489 e. The Morgan fingerprint density at radius 1 is 1.08 bits per heavy atom. The number of imidazole rings is 1. The third-order valence-electron chi connectivity index (χ3n) is 6.18. The lowest BCUT2D eigenvalue weighted by atomic mass is 10.0. The zero-order chi connectivity index (χ0) is 25.8. The zero-order valence-corrected chi connectivity index (χ0v) is 21.8. The van der Waals surface area contributed by atoms with E-state index < -0.39 is 0 Å². The van der Waals surface area contributed by atoms with E-state index in [9.17, 15) is 9.90 Å². The lowest BCUT2D eigenvalue weighted by Gasteiger charge is -2.19. The van der Waals surface area contributed by atoms with E-state index in [4.69, 9.17) is 21.3 Å². The number of hydrogen-bond acceptors (Lipinski definition) is 4. The molecule has 3 N–H and O–H groups in total. The second-order valence-electron chi connectivity index (χ2n) is 9.43. The molecule has 0 saturated carbocycles. The molecular weight excluding hydrogens is 474 g/mol. The molecule has 3 aromatic carbocycles. The maximum absolute atomic E-state index is 12.9. The summed E-state index contributed by atoms with van der Waals surface area (Å²) < 4.78 is 5.64. The summed E-state index contributed by atoms with van der Waals surface area (Å²) in [6, 6.07) is 17.1. The van der Waals surface area contributed by atoms with Gasteiger partial charge in [-0.3, -0.25) is 4.79 Å². The molecule has 0 aliphatic rings. The van der Waals surface area contributed by atoms with Gasteiger partial charge in [-0.2, -0.15) is 0 Å². The molecule has 0 bridgehead atoms. The van der Waals surface area contributed by atoms with Crippen LogP contribution in [0.1, 0.15) is 47.3 Å². The Morgan fingerprint density at radius 3 is 2.47 bits per heavy atom. The Labute approximate surface area is 216 Å². The number of amides is 1. The topological polar surface area (TPSA) is 87.2 Å². The quantitative estimate of drug-likeness (QED) is 0.260. The van der Waals surface area contributed by atoms with E-state index in [0.717, 1.165) is 28.0 Å². The third kappa shape index (κ3) is 6.07. The van der Waals surface area contributed by atoms with Crippen molar-refractivity contribution in [3.8, 4) is 17.1 Å². The summed E-state index contributed by atoms with van der Waals surface area (Å²) in [4.78, 5) is 21.0. The van der Waals surface area contributed by atoms with Crippen LogP contribution in [0.3, 0.4) is 0 Å². The molecule has 7 heteroatoms. The minimum atomic E-state index is -0.240. The maximum atomic E-state index is 12.9. The first-order valence-electron chi connectivity index (χ1n) is 12.2. The van der Waals surface area contributed by atoms with Gasteiger partial charge in [-0.1, -0.05) is 35.9 Å². The summed E-state index contributed by atoms with van der Waals surface area (Å²) in [7, 11) is 0. The molecule has 0 radical (unpaired) electrons. The summed E-state index contributed by atoms with van der Waals surface area (Å²) in [5.41, 5.74) is 6.91. The predicted octanol–water partition coefficient (Wildman–Crippen LogP) is 6.01. The zero-order valence-electron chi connectivity index (χ0n) is 21.1. The Hall–Kier alpha value is -3.35. The number of aliphatic hydroxyl groups is 1. The van der Waals surface area contributed by atoms with Crippen LogP contribution in [0.25, 0.3) is 22.4 Å². The molecule has 4 rings (SSSR count). The van der Waals surface area contributed by atoms with Gasteiger partial charge in [0.2, 0.25) is 0 Å².